The molecule has 0 amide bonds. The molecular weight excluding hydrogens is 472 g/mol. The highest BCUT2D eigenvalue weighted by Gasteiger charge is 2.23. The summed E-state index contributed by atoms with van der Waals surface area (Å²) in [7, 11) is 2.14. The number of benzene rings is 1. The number of H-pyrrole nitrogens is 1. The van der Waals surface area contributed by atoms with Gasteiger partial charge in [-0.2, -0.15) is 0 Å². The first-order valence-corrected chi connectivity index (χ1v) is 13.0. The first kappa shape index (κ1) is 23.2. The molecule has 36 heavy (non-hydrogen) atoms. The number of anilines is 2. The molecule has 2 aliphatic heterocycles. The zero-order valence-electron chi connectivity index (χ0n) is 20.5. The van der Waals surface area contributed by atoms with Crippen LogP contribution in [-0.2, 0) is 6.54 Å². The summed E-state index contributed by atoms with van der Waals surface area (Å²) in [5.41, 5.74) is 5.81. The maximum Gasteiger partial charge on any atom is 0.159 e. The second-order valence-electron chi connectivity index (χ2n) is 9.79. The van der Waals surface area contributed by atoms with Gasteiger partial charge in [0.25, 0.3) is 0 Å². The molecule has 0 saturated carbocycles. The zero-order chi connectivity index (χ0) is 24.5. The van der Waals surface area contributed by atoms with E-state index in [-0.39, 0.29) is 0 Å². The minimum Gasteiger partial charge on any atom is -0.378 e. The molecule has 2 saturated heterocycles. The highest BCUT2D eigenvalue weighted by Crippen LogP contribution is 2.32. The molecule has 186 valence electrons. The molecule has 0 aliphatic carbocycles. The van der Waals surface area contributed by atoms with E-state index in [1.807, 2.05) is 12.3 Å². The molecule has 3 aromatic heterocycles. The van der Waals surface area contributed by atoms with Crippen molar-refractivity contribution in [1.29, 1.82) is 0 Å². The van der Waals surface area contributed by atoms with Gasteiger partial charge in [0.15, 0.2) is 5.65 Å². The maximum absolute atomic E-state index is 6.53. The van der Waals surface area contributed by atoms with Crippen LogP contribution in [-0.4, -0.2) is 82.1 Å². The SMILES string of the molecule is CN1CCC(Nc2c(Cl)cnc3[nH]c(-c4ccc(N5CCN(Cc6ccccn6)CC5)cc4)nc23)C1. The van der Waals surface area contributed by atoms with Gasteiger partial charge in [-0.3, -0.25) is 9.88 Å². The van der Waals surface area contributed by atoms with Crippen molar-refractivity contribution in [2.75, 3.05) is 56.5 Å². The zero-order valence-corrected chi connectivity index (χ0v) is 21.2. The lowest BCUT2D eigenvalue weighted by Crippen LogP contribution is -2.46. The standard InChI is InChI=1S/C27H31ClN8/c1-34-11-9-21(17-34)31-24-23(28)16-30-27-25(24)32-26(33-27)19-5-7-22(8-6-19)36-14-12-35(13-15-36)18-20-4-2-3-10-29-20/h2-8,10,16,21H,9,11-15,17-18H2,1H3,(H2,30,31,32,33). The van der Waals surface area contributed by atoms with Crippen molar-refractivity contribution in [1.82, 2.24) is 29.7 Å². The molecule has 4 aromatic rings. The summed E-state index contributed by atoms with van der Waals surface area (Å²) in [6.07, 6.45) is 4.65. The number of nitrogens with zero attached hydrogens (tertiary/aromatic N) is 6. The fourth-order valence-corrected chi connectivity index (χ4v) is 5.37. The highest BCUT2D eigenvalue weighted by atomic mass is 35.5. The molecule has 6 rings (SSSR count). The van der Waals surface area contributed by atoms with Crippen LogP contribution in [0, 0.1) is 0 Å². The maximum atomic E-state index is 6.53. The van der Waals surface area contributed by atoms with Crippen LogP contribution in [0.15, 0.2) is 54.9 Å². The van der Waals surface area contributed by atoms with Crippen molar-refractivity contribution in [3.63, 3.8) is 0 Å². The van der Waals surface area contributed by atoms with E-state index < -0.39 is 0 Å². The van der Waals surface area contributed by atoms with Crippen molar-refractivity contribution >= 4 is 34.1 Å². The summed E-state index contributed by atoms with van der Waals surface area (Å²) >= 11 is 6.53. The number of pyridine rings is 2. The van der Waals surface area contributed by atoms with E-state index in [1.54, 1.807) is 6.20 Å². The first-order valence-electron chi connectivity index (χ1n) is 12.6. The summed E-state index contributed by atoms with van der Waals surface area (Å²) in [4.78, 5) is 24.5. The predicted molar refractivity (Wildman–Crippen MR) is 146 cm³/mol. The Morgan fingerprint density at radius 2 is 1.86 bits per heavy atom. The van der Waals surface area contributed by atoms with Gasteiger partial charge in [-0.1, -0.05) is 17.7 Å². The normalized spacial score (nSPS) is 19.3. The number of piperazine rings is 1. The molecule has 2 N–H and O–H groups in total. The van der Waals surface area contributed by atoms with E-state index >= 15 is 0 Å². The summed E-state index contributed by atoms with van der Waals surface area (Å²) in [6.45, 7) is 7.06. The molecule has 0 radical (unpaired) electrons. The number of aromatic nitrogens is 4. The lowest BCUT2D eigenvalue weighted by atomic mass is 10.1. The highest BCUT2D eigenvalue weighted by molar-refractivity contribution is 6.34. The van der Waals surface area contributed by atoms with E-state index in [0.29, 0.717) is 11.1 Å². The second-order valence-corrected chi connectivity index (χ2v) is 10.2. The average Bonchev–Trinajstić information content (AvgIpc) is 3.53. The van der Waals surface area contributed by atoms with Gasteiger partial charge in [0.1, 0.15) is 11.3 Å². The molecule has 1 aromatic carbocycles. The van der Waals surface area contributed by atoms with E-state index in [4.69, 9.17) is 16.6 Å². The van der Waals surface area contributed by atoms with E-state index in [9.17, 15) is 0 Å². The topological polar surface area (TPSA) is 76.2 Å². The molecule has 8 nitrogen and oxygen atoms in total. The van der Waals surface area contributed by atoms with Crippen LogP contribution in [0.25, 0.3) is 22.6 Å². The number of rotatable bonds is 6. The number of aromatic amines is 1. The lowest BCUT2D eigenvalue weighted by molar-refractivity contribution is 0.247. The third-order valence-corrected chi connectivity index (χ3v) is 7.48. The van der Waals surface area contributed by atoms with E-state index in [1.165, 1.54) is 5.69 Å². The number of imidazole rings is 1. The Hall–Kier alpha value is -3.20. The number of hydrogen-bond donors (Lipinski definition) is 2. The summed E-state index contributed by atoms with van der Waals surface area (Å²) in [6, 6.07) is 15.1. The molecule has 0 bridgehead atoms. The molecule has 2 aliphatic rings. The minimum absolute atomic E-state index is 0.363. The molecule has 2 fully saturated rings. The Bertz CT molecular complexity index is 1320. The quantitative estimate of drug-likeness (QED) is 0.411. The Morgan fingerprint density at radius 3 is 2.58 bits per heavy atom. The van der Waals surface area contributed by atoms with Gasteiger partial charge < -0.3 is 20.1 Å². The van der Waals surface area contributed by atoms with Crippen LogP contribution in [0.3, 0.4) is 0 Å². The van der Waals surface area contributed by atoms with Crippen LogP contribution < -0.4 is 10.2 Å². The number of fused-ring (bicyclic) bond motifs is 1. The second kappa shape index (κ2) is 10.0. The number of likely N-dealkylation sites (N-methyl/N-ethyl adjacent to an activating group) is 1. The Morgan fingerprint density at radius 1 is 1.03 bits per heavy atom. The van der Waals surface area contributed by atoms with E-state index in [0.717, 1.165) is 86.2 Å². The van der Waals surface area contributed by atoms with Gasteiger partial charge >= 0.3 is 0 Å². The number of hydrogen-bond acceptors (Lipinski definition) is 7. The molecule has 9 heteroatoms. The molecule has 1 atom stereocenters. The van der Waals surface area contributed by atoms with Crippen LogP contribution in [0.2, 0.25) is 5.02 Å². The van der Waals surface area contributed by atoms with Gasteiger partial charge in [-0.25, -0.2) is 9.97 Å². The summed E-state index contributed by atoms with van der Waals surface area (Å²) in [5.74, 6) is 0.804. The monoisotopic (exact) mass is 502 g/mol. The van der Waals surface area contributed by atoms with Gasteiger partial charge in [0, 0.05) is 62.8 Å². The van der Waals surface area contributed by atoms with Gasteiger partial charge in [-0.15, -0.1) is 0 Å². The summed E-state index contributed by atoms with van der Waals surface area (Å²) in [5, 5.41) is 4.21. The first-order chi connectivity index (χ1) is 17.6. The Labute approximate surface area is 216 Å². The third-order valence-electron chi connectivity index (χ3n) is 7.20. The lowest BCUT2D eigenvalue weighted by Gasteiger charge is -2.36. The van der Waals surface area contributed by atoms with Crippen LogP contribution >= 0.6 is 11.6 Å². The number of likely N-dealkylation sites (tertiary alicyclic amines) is 1. The van der Waals surface area contributed by atoms with Crippen LogP contribution in [0.1, 0.15) is 12.1 Å². The van der Waals surface area contributed by atoms with Gasteiger partial charge in [-0.05, 0) is 56.4 Å². The molecular formula is C27H31ClN8. The van der Waals surface area contributed by atoms with Crippen LogP contribution in [0.4, 0.5) is 11.4 Å². The van der Waals surface area contributed by atoms with Gasteiger partial charge in [0.05, 0.1) is 22.6 Å². The largest absolute Gasteiger partial charge is 0.378 e. The molecule has 1 unspecified atom stereocenters. The van der Waals surface area contributed by atoms with Crippen molar-refractivity contribution in [3.05, 3.63) is 65.6 Å². The Kier molecular flexibility index (Phi) is 6.48. The minimum atomic E-state index is 0.363. The van der Waals surface area contributed by atoms with Gasteiger partial charge in [0.2, 0.25) is 0 Å². The van der Waals surface area contributed by atoms with Crippen molar-refractivity contribution in [3.8, 4) is 11.4 Å². The van der Waals surface area contributed by atoms with Crippen molar-refractivity contribution < 1.29 is 0 Å². The third kappa shape index (κ3) is 4.89. The molecule has 0 spiro atoms. The molecule has 5 heterocycles. The number of nitrogens with one attached hydrogen (secondary N) is 2. The van der Waals surface area contributed by atoms with Crippen molar-refractivity contribution in [2.24, 2.45) is 0 Å². The van der Waals surface area contributed by atoms with Crippen molar-refractivity contribution in [2.45, 2.75) is 19.0 Å². The smallest absolute Gasteiger partial charge is 0.159 e. The number of halogens is 1. The Balaban J connectivity index is 1.14. The average molecular weight is 503 g/mol. The predicted octanol–water partition coefficient (Wildman–Crippen LogP) is 4.11. The van der Waals surface area contributed by atoms with E-state index in [2.05, 4.69) is 78.4 Å². The van der Waals surface area contributed by atoms with Crippen LogP contribution in [0.5, 0.6) is 0 Å². The fraction of sp³-hybridized carbons (Fsp3) is 0.370. The summed E-state index contributed by atoms with van der Waals surface area (Å²) < 4.78 is 0. The fourth-order valence-electron chi connectivity index (χ4n) is 5.18.